The van der Waals surface area contributed by atoms with Crippen LogP contribution in [0.15, 0.2) is 121 Å². The number of carbonyl (C=O) groups is 2. The quantitative estimate of drug-likeness (QED) is 0.313. The molecule has 0 aliphatic carbocycles. The average molecular weight is 533 g/mol. The van der Waals surface area contributed by atoms with Crippen LogP contribution in [0, 0.1) is 11.3 Å². The molecule has 1 aliphatic heterocycles. The molecule has 6 heteroatoms. The van der Waals surface area contributed by atoms with Crippen LogP contribution in [0.4, 0.5) is 4.79 Å². The van der Waals surface area contributed by atoms with Gasteiger partial charge in [-0.3, -0.25) is 9.69 Å². The van der Waals surface area contributed by atoms with E-state index in [1.807, 2.05) is 121 Å². The summed E-state index contributed by atoms with van der Waals surface area (Å²) >= 11 is 0. The number of likely N-dealkylation sites (tertiary alicyclic amines) is 1. The van der Waals surface area contributed by atoms with Crippen molar-refractivity contribution >= 4 is 40.0 Å². The predicted octanol–water partition coefficient (Wildman–Crippen LogP) is 5.05. The van der Waals surface area contributed by atoms with Gasteiger partial charge in [-0.25, -0.2) is 4.79 Å². The molecule has 1 heterocycles. The topological polar surface area (TPSA) is 70.4 Å². The van der Waals surface area contributed by atoms with Crippen LogP contribution >= 0.6 is 6.89 Å². The lowest BCUT2D eigenvalue weighted by Gasteiger charge is -2.31. The minimum atomic E-state index is -2.86. The normalized spacial score (nSPS) is 14.8. The second-order valence-electron chi connectivity index (χ2n) is 9.39. The SMILES string of the molecule is N#CC(C(=O)[C@H]1CCCN1C(=O)OCc1ccccc1)=P(c1ccccc1)(c1ccccc1)c1ccccc1. The van der Waals surface area contributed by atoms with Crippen LogP contribution in [0.5, 0.6) is 0 Å². The van der Waals surface area contributed by atoms with Crippen molar-refractivity contribution in [3.8, 4) is 6.07 Å². The van der Waals surface area contributed by atoms with Gasteiger partial charge in [-0.05, 0) is 41.2 Å². The van der Waals surface area contributed by atoms with Crippen LogP contribution in [0.1, 0.15) is 18.4 Å². The summed E-state index contributed by atoms with van der Waals surface area (Å²) in [7, 11) is 0. The highest BCUT2D eigenvalue weighted by Crippen LogP contribution is 2.46. The van der Waals surface area contributed by atoms with Crippen LogP contribution in [0.3, 0.4) is 0 Å². The minimum absolute atomic E-state index is 0.126. The van der Waals surface area contributed by atoms with Crippen LogP contribution in [0.2, 0.25) is 0 Å². The first-order chi connectivity index (χ1) is 19.2. The third-order valence-electron chi connectivity index (χ3n) is 7.10. The first-order valence-corrected chi connectivity index (χ1v) is 14.8. The van der Waals surface area contributed by atoms with E-state index in [2.05, 4.69) is 6.07 Å². The van der Waals surface area contributed by atoms with Gasteiger partial charge in [0.1, 0.15) is 18.0 Å². The maximum absolute atomic E-state index is 14.5. The molecule has 0 N–H and O–H groups in total. The van der Waals surface area contributed by atoms with Crippen molar-refractivity contribution in [1.82, 2.24) is 4.90 Å². The Hall–Kier alpha value is -4.39. The molecule has 194 valence electrons. The Labute approximate surface area is 229 Å². The summed E-state index contributed by atoms with van der Waals surface area (Å²) in [5, 5.41) is 13.7. The van der Waals surface area contributed by atoms with Crippen molar-refractivity contribution in [2.75, 3.05) is 6.54 Å². The van der Waals surface area contributed by atoms with Crippen LogP contribution < -0.4 is 15.9 Å². The number of nitriles is 1. The first kappa shape index (κ1) is 26.2. The van der Waals surface area contributed by atoms with E-state index < -0.39 is 19.0 Å². The largest absolute Gasteiger partial charge is 0.445 e. The Bertz CT molecular complexity index is 1430. The summed E-state index contributed by atoms with van der Waals surface area (Å²) in [5.74, 6) is -0.309. The van der Waals surface area contributed by atoms with Gasteiger partial charge in [-0.2, -0.15) is 5.26 Å². The number of benzene rings is 4. The third kappa shape index (κ3) is 5.17. The van der Waals surface area contributed by atoms with Gasteiger partial charge in [0.25, 0.3) is 0 Å². The summed E-state index contributed by atoms with van der Waals surface area (Å²) in [4.78, 5) is 29.1. The van der Waals surface area contributed by atoms with Gasteiger partial charge in [0.15, 0.2) is 5.78 Å². The monoisotopic (exact) mass is 532 g/mol. The van der Waals surface area contributed by atoms with E-state index in [9.17, 15) is 14.9 Å². The van der Waals surface area contributed by atoms with E-state index in [-0.39, 0.29) is 17.7 Å². The summed E-state index contributed by atoms with van der Waals surface area (Å²) in [6.07, 6.45) is 0.626. The van der Waals surface area contributed by atoms with Gasteiger partial charge in [-0.15, -0.1) is 0 Å². The van der Waals surface area contributed by atoms with Gasteiger partial charge in [0, 0.05) is 6.54 Å². The molecule has 1 aliphatic rings. The van der Waals surface area contributed by atoms with E-state index in [1.54, 1.807) is 0 Å². The molecule has 0 spiro atoms. The van der Waals surface area contributed by atoms with E-state index in [4.69, 9.17) is 4.74 Å². The summed E-state index contributed by atoms with van der Waals surface area (Å²) < 4.78 is 5.60. The number of ketones is 1. The number of rotatable bonds is 7. The molecule has 0 radical (unpaired) electrons. The van der Waals surface area contributed by atoms with Crippen molar-refractivity contribution in [3.05, 3.63) is 127 Å². The fourth-order valence-corrected chi connectivity index (χ4v) is 9.46. The Morgan fingerprint density at radius 2 is 1.23 bits per heavy atom. The summed E-state index contributed by atoms with van der Waals surface area (Å²) in [5.41, 5.74) is 0.874. The standard InChI is InChI=1S/C33H29N2O3P/c34-24-31(32(36)30-22-13-23-35(30)33(37)38-25-26-14-5-1-6-15-26)39(27-16-7-2-8-17-27,28-18-9-3-10-19-28)29-20-11-4-12-21-29/h1-12,14-21,30H,13,22-23,25H2/t30-/m1/s1. The van der Waals surface area contributed by atoms with Gasteiger partial charge in [-0.1, -0.05) is 121 Å². The molecule has 1 fully saturated rings. The van der Waals surface area contributed by atoms with Crippen molar-refractivity contribution < 1.29 is 14.3 Å². The van der Waals surface area contributed by atoms with E-state index >= 15 is 0 Å². The number of carbonyl (C=O) groups excluding carboxylic acids is 2. The maximum atomic E-state index is 14.5. The molecule has 5 nitrogen and oxygen atoms in total. The smallest absolute Gasteiger partial charge is 0.410 e. The third-order valence-corrected chi connectivity index (χ3v) is 11.3. The Morgan fingerprint density at radius 1 is 0.769 bits per heavy atom. The van der Waals surface area contributed by atoms with Crippen molar-refractivity contribution in [2.24, 2.45) is 0 Å². The zero-order valence-electron chi connectivity index (χ0n) is 21.5. The molecular weight excluding hydrogens is 503 g/mol. The maximum Gasteiger partial charge on any atom is 0.410 e. The van der Waals surface area contributed by atoms with E-state index in [1.165, 1.54) is 4.90 Å². The van der Waals surface area contributed by atoms with Crippen molar-refractivity contribution in [3.63, 3.8) is 0 Å². The highest BCUT2D eigenvalue weighted by atomic mass is 31.2. The Morgan fingerprint density at radius 3 is 1.69 bits per heavy atom. The molecule has 5 rings (SSSR count). The van der Waals surface area contributed by atoms with Crippen LogP contribution in [-0.4, -0.2) is 34.7 Å². The lowest BCUT2D eigenvalue weighted by atomic mass is 10.1. The molecule has 4 aromatic rings. The molecule has 0 bridgehead atoms. The number of hydrogen-bond donors (Lipinski definition) is 0. The van der Waals surface area contributed by atoms with Gasteiger partial charge in [0.2, 0.25) is 0 Å². The van der Waals surface area contributed by atoms with Crippen LogP contribution in [0.25, 0.3) is 0 Å². The fraction of sp³-hybridized carbons (Fsp3) is 0.152. The Kier molecular flexibility index (Phi) is 8.06. The predicted molar refractivity (Wildman–Crippen MR) is 157 cm³/mol. The van der Waals surface area contributed by atoms with E-state index in [0.29, 0.717) is 19.4 Å². The number of ether oxygens (including phenoxy) is 1. The molecule has 4 aromatic carbocycles. The highest BCUT2D eigenvalue weighted by molar-refractivity contribution is 7.97. The number of nitrogens with zero attached hydrogens (tertiary/aromatic N) is 2. The second kappa shape index (κ2) is 12.0. The number of Topliss-reactive ketones (excluding diaryl/α,β-unsaturated/α-hetero) is 1. The lowest BCUT2D eigenvalue weighted by Crippen LogP contribution is -2.45. The first-order valence-electron chi connectivity index (χ1n) is 13.0. The zero-order valence-corrected chi connectivity index (χ0v) is 22.4. The number of amides is 1. The molecule has 1 amide bonds. The minimum Gasteiger partial charge on any atom is -0.445 e. The molecule has 0 aromatic heterocycles. The highest BCUT2D eigenvalue weighted by Gasteiger charge is 2.41. The average Bonchev–Trinajstić information content (AvgIpc) is 3.51. The van der Waals surface area contributed by atoms with Crippen molar-refractivity contribution in [2.45, 2.75) is 25.5 Å². The molecule has 0 unspecified atom stereocenters. The van der Waals surface area contributed by atoms with Gasteiger partial charge in [0.05, 0.1) is 6.04 Å². The lowest BCUT2D eigenvalue weighted by molar-refractivity contribution is -0.116. The molecular formula is C33H29N2O3P. The molecule has 1 saturated heterocycles. The van der Waals surface area contributed by atoms with Gasteiger partial charge >= 0.3 is 6.09 Å². The Balaban J connectivity index is 1.64. The van der Waals surface area contributed by atoms with Gasteiger partial charge < -0.3 is 4.74 Å². The van der Waals surface area contributed by atoms with Crippen molar-refractivity contribution in [1.29, 1.82) is 5.26 Å². The molecule has 0 saturated carbocycles. The second-order valence-corrected chi connectivity index (χ2v) is 12.7. The summed E-state index contributed by atoms with van der Waals surface area (Å²) in [6.45, 7) is -2.33. The molecule has 39 heavy (non-hydrogen) atoms. The fourth-order valence-electron chi connectivity index (χ4n) is 5.30. The zero-order chi connectivity index (χ0) is 27.1. The van der Waals surface area contributed by atoms with E-state index in [0.717, 1.165) is 21.5 Å². The number of hydrogen-bond acceptors (Lipinski definition) is 4. The summed E-state index contributed by atoms with van der Waals surface area (Å²) in [6, 6.07) is 40.5. The van der Waals surface area contributed by atoms with Crippen LogP contribution in [-0.2, 0) is 16.1 Å². The molecule has 1 atom stereocenters.